The number of benzene rings is 2. The highest BCUT2D eigenvalue weighted by molar-refractivity contribution is 7.89. The first-order valence-electron chi connectivity index (χ1n) is 7.68. The summed E-state index contributed by atoms with van der Waals surface area (Å²) in [5.74, 6) is -0.551. The molecule has 25 heavy (non-hydrogen) atoms. The lowest BCUT2D eigenvalue weighted by Crippen LogP contribution is -3.12. The molecule has 6 nitrogen and oxygen atoms in total. The normalized spacial score (nSPS) is 13.9. The summed E-state index contributed by atoms with van der Waals surface area (Å²) in [6.07, 6.45) is 0. The van der Waals surface area contributed by atoms with E-state index in [4.69, 9.17) is 5.14 Å². The van der Waals surface area contributed by atoms with E-state index in [1.165, 1.54) is 30.3 Å². The lowest BCUT2D eigenvalue weighted by atomic mass is 10.1. The number of nitrogens with one attached hydrogen (secondary N) is 2. The molecule has 134 valence electrons. The lowest BCUT2D eigenvalue weighted by Gasteiger charge is -2.21. The minimum atomic E-state index is -3.77. The topological polar surface area (TPSA) is 93.7 Å². The van der Waals surface area contributed by atoms with E-state index in [1.807, 2.05) is 0 Å². The second-order valence-electron chi connectivity index (χ2n) is 5.89. The first kappa shape index (κ1) is 19.0. The molecule has 0 bridgehead atoms. The third kappa shape index (κ3) is 5.09. The van der Waals surface area contributed by atoms with Gasteiger partial charge in [-0.3, -0.25) is 4.79 Å². The first-order chi connectivity index (χ1) is 11.7. The Bertz CT molecular complexity index is 854. The van der Waals surface area contributed by atoms with Crippen LogP contribution in [0.3, 0.4) is 0 Å². The average Bonchev–Trinajstić information content (AvgIpc) is 2.55. The lowest BCUT2D eigenvalue weighted by molar-refractivity contribution is -0.908. The average molecular weight is 366 g/mol. The number of sulfonamides is 1. The van der Waals surface area contributed by atoms with Crippen molar-refractivity contribution in [3.63, 3.8) is 0 Å². The first-order valence-corrected chi connectivity index (χ1v) is 9.22. The fraction of sp³-hybridized carbons (Fsp3) is 0.235. The molecule has 4 N–H and O–H groups in total. The van der Waals surface area contributed by atoms with E-state index < -0.39 is 16.1 Å². The monoisotopic (exact) mass is 366 g/mol. The Morgan fingerprint density at radius 1 is 1.20 bits per heavy atom. The van der Waals surface area contributed by atoms with Crippen LogP contribution in [0.5, 0.6) is 0 Å². The van der Waals surface area contributed by atoms with Crippen LogP contribution in [0.4, 0.5) is 10.1 Å². The summed E-state index contributed by atoms with van der Waals surface area (Å²) in [5, 5.41) is 7.74. The van der Waals surface area contributed by atoms with Crippen LogP contribution in [0.2, 0.25) is 0 Å². The Hall–Kier alpha value is -2.29. The molecule has 2 aromatic carbocycles. The van der Waals surface area contributed by atoms with Crippen molar-refractivity contribution in [3.05, 3.63) is 59.9 Å². The molecule has 1 unspecified atom stereocenters. The second kappa shape index (κ2) is 7.73. The summed E-state index contributed by atoms with van der Waals surface area (Å²) < 4.78 is 36.2. The summed E-state index contributed by atoms with van der Waals surface area (Å²) in [6, 6.07) is 11.6. The molecule has 0 heterocycles. The van der Waals surface area contributed by atoms with Crippen molar-refractivity contribution in [1.29, 1.82) is 0 Å². The third-order valence-corrected chi connectivity index (χ3v) is 4.94. The second-order valence-corrected chi connectivity index (χ2v) is 7.46. The molecule has 0 saturated heterocycles. The number of nitrogens with two attached hydrogens (primary N) is 1. The van der Waals surface area contributed by atoms with E-state index in [0.29, 0.717) is 17.8 Å². The molecule has 0 aliphatic rings. The zero-order chi connectivity index (χ0) is 18.6. The zero-order valence-electron chi connectivity index (χ0n) is 14.0. The van der Waals surface area contributed by atoms with Gasteiger partial charge in [-0.05, 0) is 37.3 Å². The van der Waals surface area contributed by atoms with Crippen LogP contribution in [-0.4, -0.2) is 27.4 Å². The minimum absolute atomic E-state index is 0.0270. The number of likely N-dealkylation sites (N-methyl/N-ethyl adjacent to an activating group) is 1. The van der Waals surface area contributed by atoms with E-state index in [0.717, 1.165) is 4.90 Å². The minimum Gasteiger partial charge on any atom is -0.324 e. The van der Waals surface area contributed by atoms with Crippen molar-refractivity contribution < 1.29 is 22.5 Å². The number of hydrogen-bond acceptors (Lipinski definition) is 3. The van der Waals surface area contributed by atoms with Gasteiger partial charge in [0.15, 0.2) is 6.04 Å². The SMILES string of the molecule is C[C@H](C(=O)Nc1ccc(S(N)(=O)=O)cc1)[NH+](C)Cc1ccccc1F. The van der Waals surface area contributed by atoms with Gasteiger partial charge in [0.25, 0.3) is 5.91 Å². The number of rotatable bonds is 6. The molecule has 0 spiro atoms. The zero-order valence-corrected chi connectivity index (χ0v) is 14.8. The highest BCUT2D eigenvalue weighted by Gasteiger charge is 2.23. The number of anilines is 1. The quantitative estimate of drug-likeness (QED) is 0.696. The predicted octanol–water partition coefficient (Wildman–Crippen LogP) is 0.515. The molecule has 1 amide bonds. The predicted molar refractivity (Wildman–Crippen MR) is 92.9 cm³/mol. The molecular weight excluding hydrogens is 345 g/mol. The molecule has 0 aromatic heterocycles. The van der Waals surface area contributed by atoms with E-state index in [9.17, 15) is 17.6 Å². The molecule has 2 aromatic rings. The van der Waals surface area contributed by atoms with E-state index in [1.54, 1.807) is 32.2 Å². The van der Waals surface area contributed by atoms with Crippen LogP contribution in [0, 0.1) is 5.82 Å². The Morgan fingerprint density at radius 2 is 1.80 bits per heavy atom. The van der Waals surface area contributed by atoms with Crippen LogP contribution in [0.25, 0.3) is 0 Å². The summed E-state index contributed by atoms with van der Waals surface area (Å²) in [5.41, 5.74) is 1.00. The van der Waals surface area contributed by atoms with Crippen molar-refractivity contribution >= 4 is 21.6 Å². The summed E-state index contributed by atoms with van der Waals surface area (Å²) in [4.78, 5) is 13.1. The van der Waals surface area contributed by atoms with Gasteiger partial charge in [0, 0.05) is 11.3 Å². The van der Waals surface area contributed by atoms with Crippen LogP contribution in [0.1, 0.15) is 12.5 Å². The van der Waals surface area contributed by atoms with Gasteiger partial charge in [-0.2, -0.15) is 0 Å². The van der Waals surface area contributed by atoms with Gasteiger partial charge in [0.05, 0.1) is 11.9 Å². The van der Waals surface area contributed by atoms with Crippen LogP contribution < -0.4 is 15.4 Å². The van der Waals surface area contributed by atoms with Crippen molar-refractivity contribution in [3.8, 4) is 0 Å². The molecule has 2 rings (SSSR count). The van der Waals surface area contributed by atoms with Crippen LogP contribution in [-0.2, 0) is 21.4 Å². The van der Waals surface area contributed by atoms with Gasteiger partial charge in [0.2, 0.25) is 10.0 Å². The Balaban J connectivity index is 2.01. The summed E-state index contributed by atoms with van der Waals surface area (Å²) in [6.45, 7) is 2.11. The number of primary sulfonamides is 1. The molecule has 2 atom stereocenters. The van der Waals surface area contributed by atoms with Gasteiger partial charge in [-0.1, -0.05) is 18.2 Å². The molecule has 0 aliphatic heterocycles. The maximum Gasteiger partial charge on any atom is 0.282 e. The van der Waals surface area contributed by atoms with Gasteiger partial charge in [0.1, 0.15) is 12.4 Å². The van der Waals surface area contributed by atoms with E-state index in [2.05, 4.69) is 5.32 Å². The number of halogens is 1. The van der Waals surface area contributed by atoms with Crippen molar-refractivity contribution in [2.45, 2.75) is 24.4 Å². The van der Waals surface area contributed by atoms with Gasteiger partial charge >= 0.3 is 0 Å². The molecule has 0 saturated carbocycles. The number of amides is 1. The van der Waals surface area contributed by atoms with Gasteiger partial charge in [-0.15, -0.1) is 0 Å². The highest BCUT2D eigenvalue weighted by atomic mass is 32.2. The summed E-state index contributed by atoms with van der Waals surface area (Å²) in [7, 11) is -1.96. The van der Waals surface area contributed by atoms with Crippen molar-refractivity contribution in [2.24, 2.45) is 5.14 Å². The fourth-order valence-electron chi connectivity index (χ4n) is 2.30. The van der Waals surface area contributed by atoms with Gasteiger partial charge in [-0.25, -0.2) is 17.9 Å². The molecule has 8 heteroatoms. The molecular formula is C17H21FN3O3S+. The highest BCUT2D eigenvalue weighted by Crippen LogP contribution is 2.12. The smallest absolute Gasteiger partial charge is 0.282 e. The number of carbonyl (C=O) groups excluding carboxylic acids is 1. The standard InChI is InChI=1S/C17H20FN3O3S/c1-12(21(2)11-13-5-3-4-6-16(13)18)17(22)20-14-7-9-15(10-8-14)25(19,23)24/h3-10,12H,11H2,1-2H3,(H,20,22)(H2,19,23,24)/p+1/t12-/m1/s1. The molecule has 0 fully saturated rings. The maximum absolute atomic E-state index is 13.7. The van der Waals surface area contributed by atoms with Crippen molar-refractivity contribution in [1.82, 2.24) is 0 Å². The third-order valence-electron chi connectivity index (χ3n) is 4.01. The maximum atomic E-state index is 13.7. The van der Waals surface area contributed by atoms with Crippen molar-refractivity contribution in [2.75, 3.05) is 12.4 Å². The Morgan fingerprint density at radius 3 is 2.36 bits per heavy atom. The molecule has 0 aliphatic carbocycles. The largest absolute Gasteiger partial charge is 0.324 e. The summed E-state index contributed by atoms with van der Waals surface area (Å²) >= 11 is 0. The Kier molecular flexibility index (Phi) is 5.89. The Labute approximate surface area is 146 Å². The van der Waals surface area contributed by atoms with Crippen LogP contribution >= 0.6 is 0 Å². The fourth-order valence-corrected chi connectivity index (χ4v) is 2.81. The van der Waals surface area contributed by atoms with E-state index >= 15 is 0 Å². The van der Waals surface area contributed by atoms with Gasteiger partial charge < -0.3 is 10.2 Å². The number of hydrogen-bond donors (Lipinski definition) is 3. The number of carbonyl (C=O) groups is 1. The van der Waals surface area contributed by atoms with E-state index in [-0.39, 0.29) is 16.6 Å². The number of quaternary nitrogens is 1. The van der Waals surface area contributed by atoms with Crippen LogP contribution in [0.15, 0.2) is 53.4 Å². The molecule has 0 radical (unpaired) electrons.